The van der Waals surface area contributed by atoms with Crippen molar-refractivity contribution in [2.45, 2.75) is 13.0 Å². The van der Waals surface area contributed by atoms with Crippen LogP contribution in [0.2, 0.25) is 0 Å². The van der Waals surface area contributed by atoms with E-state index in [0.717, 1.165) is 18.7 Å². The fraction of sp³-hybridized carbons (Fsp3) is 0.200. The highest BCUT2D eigenvalue weighted by Gasteiger charge is 2.15. The Kier molecular flexibility index (Phi) is 1.27. The summed E-state index contributed by atoms with van der Waals surface area (Å²) >= 11 is 0. The van der Waals surface area contributed by atoms with Crippen molar-refractivity contribution in [2.75, 3.05) is 0 Å². The van der Waals surface area contributed by atoms with E-state index in [1.807, 2.05) is 10.9 Å². The maximum atomic E-state index is 4.02. The molecule has 0 saturated carbocycles. The Morgan fingerprint density at radius 2 is 2.15 bits per heavy atom. The van der Waals surface area contributed by atoms with E-state index >= 15 is 0 Å². The van der Waals surface area contributed by atoms with Gasteiger partial charge in [-0.3, -0.25) is 0 Å². The van der Waals surface area contributed by atoms with Crippen molar-refractivity contribution in [3.05, 3.63) is 36.0 Å². The number of hydrogen-bond acceptors (Lipinski definition) is 2. The Balaban J connectivity index is 2.30. The Labute approximate surface area is 76.0 Å². The minimum absolute atomic E-state index is 0.951. The van der Waals surface area contributed by atoms with E-state index in [0.29, 0.717) is 0 Å². The van der Waals surface area contributed by atoms with E-state index in [1.54, 1.807) is 0 Å². The van der Waals surface area contributed by atoms with Crippen LogP contribution in [0.5, 0.6) is 0 Å². The van der Waals surface area contributed by atoms with Crippen LogP contribution in [0.15, 0.2) is 30.5 Å². The number of aromatic nitrogens is 3. The molecule has 64 valence electrons. The maximum Gasteiger partial charge on any atom is 0.0888 e. The number of hydrogen-bond donors (Lipinski definition) is 0. The third kappa shape index (κ3) is 0.900. The molecule has 0 unspecified atom stereocenters. The van der Waals surface area contributed by atoms with Crippen molar-refractivity contribution in [2.24, 2.45) is 0 Å². The summed E-state index contributed by atoms with van der Waals surface area (Å²) in [6.07, 6.45) is 2.89. The third-order valence-electron chi connectivity index (χ3n) is 2.50. The summed E-state index contributed by atoms with van der Waals surface area (Å²) in [5.74, 6) is 0. The first-order chi connectivity index (χ1) is 6.45. The van der Waals surface area contributed by atoms with Crippen LogP contribution in [-0.2, 0) is 13.0 Å². The van der Waals surface area contributed by atoms with E-state index in [1.165, 1.54) is 11.1 Å². The van der Waals surface area contributed by atoms with Crippen LogP contribution >= 0.6 is 0 Å². The molecule has 0 aliphatic carbocycles. The van der Waals surface area contributed by atoms with Gasteiger partial charge in [0.2, 0.25) is 0 Å². The van der Waals surface area contributed by atoms with Gasteiger partial charge in [0, 0.05) is 12.1 Å². The molecule has 0 bridgehead atoms. The zero-order valence-electron chi connectivity index (χ0n) is 7.14. The average Bonchev–Trinajstić information content (AvgIpc) is 2.65. The minimum atomic E-state index is 0.951. The van der Waals surface area contributed by atoms with Gasteiger partial charge >= 0.3 is 0 Å². The van der Waals surface area contributed by atoms with E-state index in [-0.39, 0.29) is 0 Å². The lowest BCUT2D eigenvalue weighted by atomic mass is 9.99. The van der Waals surface area contributed by atoms with E-state index in [4.69, 9.17) is 0 Å². The molecule has 3 nitrogen and oxygen atoms in total. The Hall–Kier alpha value is -1.64. The van der Waals surface area contributed by atoms with E-state index < -0.39 is 0 Å². The van der Waals surface area contributed by atoms with Gasteiger partial charge in [-0.15, -0.1) is 5.10 Å². The molecule has 0 fully saturated rings. The molecule has 2 aromatic rings. The van der Waals surface area contributed by atoms with E-state index in [2.05, 4.69) is 34.6 Å². The second kappa shape index (κ2) is 2.42. The number of fused-ring (bicyclic) bond motifs is 3. The van der Waals surface area contributed by atoms with Gasteiger partial charge in [-0.25, -0.2) is 4.68 Å². The van der Waals surface area contributed by atoms with Gasteiger partial charge in [-0.1, -0.05) is 29.5 Å². The summed E-state index contributed by atoms with van der Waals surface area (Å²) in [6.45, 7) is 0.951. The van der Waals surface area contributed by atoms with Crippen LogP contribution in [-0.4, -0.2) is 15.0 Å². The molecule has 1 aromatic carbocycles. The maximum absolute atomic E-state index is 4.02. The highest BCUT2D eigenvalue weighted by atomic mass is 15.4. The number of rotatable bonds is 0. The predicted molar refractivity (Wildman–Crippen MR) is 49.2 cm³/mol. The van der Waals surface area contributed by atoms with Crippen molar-refractivity contribution in [3.63, 3.8) is 0 Å². The van der Waals surface area contributed by atoms with Crippen LogP contribution in [0.4, 0.5) is 0 Å². The zero-order chi connectivity index (χ0) is 8.67. The first kappa shape index (κ1) is 6.83. The molecule has 0 saturated heterocycles. The summed E-state index contributed by atoms with van der Waals surface area (Å²) < 4.78 is 1.96. The first-order valence-electron chi connectivity index (χ1n) is 4.42. The van der Waals surface area contributed by atoms with Crippen LogP contribution in [0, 0.1) is 0 Å². The number of aryl methyl sites for hydroxylation is 2. The molecule has 0 atom stereocenters. The first-order valence-corrected chi connectivity index (χ1v) is 4.42. The highest BCUT2D eigenvalue weighted by molar-refractivity contribution is 5.64. The molecule has 0 spiro atoms. The summed E-state index contributed by atoms with van der Waals surface area (Å²) in [5.41, 5.74) is 3.82. The van der Waals surface area contributed by atoms with Gasteiger partial charge in [0.15, 0.2) is 0 Å². The Bertz CT molecular complexity index is 445. The standard InChI is InChI=1S/C10H9N3/c1-2-4-9-8(3-1)5-6-13-10(9)7-11-12-13/h1-4,7H,5-6H2. The van der Waals surface area contributed by atoms with Gasteiger partial charge in [0.1, 0.15) is 0 Å². The highest BCUT2D eigenvalue weighted by Crippen LogP contribution is 2.27. The quantitative estimate of drug-likeness (QED) is 0.601. The molecular formula is C10H9N3. The number of benzene rings is 1. The van der Waals surface area contributed by atoms with Gasteiger partial charge < -0.3 is 0 Å². The van der Waals surface area contributed by atoms with Crippen LogP contribution in [0.1, 0.15) is 5.56 Å². The number of nitrogens with zero attached hydrogens (tertiary/aromatic N) is 3. The second-order valence-electron chi connectivity index (χ2n) is 3.25. The molecule has 0 N–H and O–H groups in total. The van der Waals surface area contributed by atoms with Crippen molar-refractivity contribution in [3.8, 4) is 11.3 Å². The lowest BCUT2D eigenvalue weighted by Crippen LogP contribution is -2.11. The molecule has 3 heteroatoms. The largest absolute Gasteiger partial charge is 0.244 e. The summed E-state index contributed by atoms with van der Waals surface area (Å²) in [4.78, 5) is 0. The molecule has 13 heavy (non-hydrogen) atoms. The van der Waals surface area contributed by atoms with Crippen LogP contribution in [0.25, 0.3) is 11.3 Å². The van der Waals surface area contributed by atoms with E-state index in [9.17, 15) is 0 Å². The van der Waals surface area contributed by atoms with Crippen molar-refractivity contribution < 1.29 is 0 Å². The van der Waals surface area contributed by atoms with Gasteiger partial charge in [-0.05, 0) is 12.0 Å². The lowest BCUT2D eigenvalue weighted by Gasteiger charge is -2.16. The monoisotopic (exact) mass is 171 g/mol. The minimum Gasteiger partial charge on any atom is -0.244 e. The third-order valence-corrected chi connectivity index (χ3v) is 2.50. The summed E-state index contributed by atoms with van der Waals surface area (Å²) in [7, 11) is 0. The molecule has 1 aliphatic heterocycles. The molecule has 1 aromatic heterocycles. The van der Waals surface area contributed by atoms with Gasteiger partial charge in [0.25, 0.3) is 0 Å². The summed E-state index contributed by atoms with van der Waals surface area (Å²) in [5, 5.41) is 7.94. The smallest absolute Gasteiger partial charge is 0.0888 e. The zero-order valence-corrected chi connectivity index (χ0v) is 7.14. The van der Waals surface area contributed by atoms with Gasteiger partial charge in [-0.2, -0.15) is 0 Å². The molecule has 0 amide bonds. The molecule has 2 heterocycles. The van der Waals surface area contributed by atoms with Crippen LogP contribution < -0.4 is 0 Å². The SMILES string of the molecule is c1ccc2c(c1)CCn1nncc1-2. The van der Waals surface area contributed by atoms with Crippen molar-refractivity contribution >= 4 is 0 Å². The van der Waals surface area contributed by atoms with Crippen molar-refractivity contribution in [1.82, 2.24) is 15.0 Å². The molecular weight excluding hydrogens is 162 g/mol. The Morgan fingerprint density at radius 1 is 1.23 bits per heavy atom. The van der Waals surface area contributed by atoms with Gasteiger partial charge in [0.05, 0.1) is 11.9 Å². The molecule has 3 rings (SSSR count). The topological polar surface area (TPSA) is 30.7 Å². The van der Waals surface area contributed by atoms with Crippen LogP contribution in [0.3, 0.4) is 0 Å². The predicted octanol–water partition coefficient (Wildman–Crippen LogP) is 1.50. The Morgan fingerprint density at radius 3 is 3.15 bits per heavy atom. The molecule has 0 radical (unpaired) electrons. The average molecular weight is 171 g/mol. The fourth-order valence-electron chi connectivity index (χ4n) is 1.85. The fourth-order valence-corrected chi connectivity index (χ4v) is 1.85. The second-order valence-corrected chi connectivity index (χ2v) is 3.25. The lowest BCUT2D eigenvalue weighted by molar-refractivity contribution is 0.583. The summed E-state index contributed by atoms with van der Waals surface area (Å²) in [6, 6.07) is 8.44. The normalized spacial score (nSPS) is 13.5. The van der Waals surface area contributed by atoms with Crippen molar-refractivity contribution in [1.29, 1.82) is 0 Å². The molecule has 1 aliphatic rings.